The largest absolute Gasteiger partial charge is 0.481 e. The van der Waals surface area contributed by atoms with E-state index in [1.807, 2.05) is 6.07 Å². The number of ether oxygens (including phenoxy) is 3. The minimum absolute atomic E-state index is 0.175. The number of aliphatic hydroxyl groups is 2. The van der Waals surface area contributed by atoms with E-state index in [1.54, 1.807) is 37.7 Å². The SMILES string of the molecule is COc1ccc(NCCCC(=O)[C@@H]2O[C@H](CO)[C@H](O)[C@H](n3cc(-c4cccc(F)c4)nn3)[C@H]2OC)cn1. The summed E-state index contributed by atoms with van der Waals surface area (Å²) in [7, 11) is 2.95. The van der Waals surface area contributed by atoms with Crippen LogP contribution in [0.25, 0.3) is 11.3 Å². The maximum Gasteiger partial charge on any atom is 0.213 e. The molecule has 0 radical (unpaired) electrons. The van der Waals surface area contributed by atoms with Gasteiger partial charge in [-0.15, -0.1) is 5.10 Å². The molecule has 11 nitrogen and oxygen atoms in total. The molecule has 5 atom stereocenters. The first-order valence-corrected chi connectivity index (χ1v) is 11.9. The van der Waals surface area contributed by atoms with Gasteiger partial charge in [-0.3, -0.25) is 4.79 Å². The number of anilines is 1. The molecule has 37 heavy (non-hydrogen) atoms. The highest BCUT2D eigenvalue weighted by Gasteiger charge is 2.49. The third-order valence-electron chi connectivity index (χ3n) is 6.27. The van der Waals surface area contributed by atoms with Gasteiger partial charge in [0.1, 0.15) is 42.0 Å². The van der Waals surface area contributed by atoms with E-state index in [0.717, 1.165) is 5.69 Å². The maximum atomic E-state index is 13.7. The first kappa shape index (κ1) is 26.6. The highest BCUT2D eigenvalue weighted by molar-refractivity contribution is 5.84. The number of rotatable bonds is 11. The van der Waals surface area contributed by atoms with Crippen LogP contribution in [0.4, 0.5) is 10.1 Å². The minimum atomic E-state index is -1.23. The number of carbonyl (C=O) groups excluding carboxylic acids is 1. The number of aromatic nitrogens is 4. The summed E-state index contributed by atoms with van der Waals surface area (Å²) >= 11 is 0. The fourth-order valence-corrected chi connectivity index (χ4v) is 4.37. The van der Waals surface area contributed by atoms with Gasteiger partial charge in [-0.05, 0) is 24.6 Å². The molecule has 12 heteroatoms. The molecule has 0 aliphatic carbocycles. The first-order chi connectivity index (χ1) is 17.9. The van der Waals surface area contributed by atoms with Crippen molar-refractivity contribution in [2.45, 2.75) is 43.3 Å². The third kappa shape index (κ3) is 6.10. The van der Waals surface area contributed by atoms with Crippen molar-refractivity contribution in [3.05, 3.63) is 54.6 Å². The molecule has 3 N–H and O–H groups in total. The van der Waals surface area contributed by atoms with Gasteiger partial charge in [0.2, 0.25) is 5.88 Å². The van der Waals surface area contributed by atoms with E-state index < -0.39 is 42.9 Å². The van der Waals surface area contributed by atoms with Crippen LogP contribution in [0.2, 0.25) is 0 Å². The van der Waals surface area contributed by atoms with Gasteiger partial charge in [0.05, 0.1) is 31.8 Å². The second kappa shape index (κ2) is 12.2. The van der Waals surface area contributed by atoms with Crippen LogP contribution in [0.1, 0.15) is 18.9 Å². The van der Waals surface area contributed by atoms with Crippen LogP contribution in [0.5, 0.6) is 5.88 Å². The van der Waals surface area contributed by atoms with Crippen molar-refractivity contribution in [2.75, 3.05) is 32.7 Å². The Balaban J connectivity index is 1.45. The second-order valence-electron chi connectivity index (χ2n) is 8.64. The summed E-state index contributed by atoms with van der Waals surface area (Å²) in [5.41, 5.74) is 1.68. The summed E-state index contributed by atoms with van der Waals surface area (Å²) < 4.78 is 31.5. The topological polar surface area (TPSA) is 141 Å². The van der Waals surface area contributed by atoms with E-state index in [-0.39, 0.29) is 12.2 Å². The molecule has 1 aromatic carbocycles. The minimum Gasteiger partial charge on any atom is -0.481 e. The number of hydrogen-bond acceptors (Lipinski definition) is 10. The monoisotopic (exact) mass is 515 g/mol. The number of ketones is 1. The fraction of sp³-hybridized carbons (Fsp3) is 0.440. The number of nitrogens with zero attached hydrogens (tertiary/aromatic N) is 4. The van der Waals surface area contributed by atoms with Crippen molar-refractivity contribution in [3.8, 4) is 17.1 Å². The molecular formula is C25H30FN5O6. The molecule has 0 amide bonds. The summed E-state index contributed by atoms with van der Waals surface area (Å²) in [5.74, 6) is -0.148. The van der Waals surface area contributed by atoms with E-state index in [1.165, 1.54) is 23.9 Å². The van der Waals surface area contributed by atoms with Gasteiger partial charge in [0, 0.05) is 31.7 Å². The quantitative estimate of drug-likeness (QED) is 0.323. The molecule has 4 rings (SSSR count). The average molecular weight is 516 g/mol. The van der Waals surface area contributed by atoms with Crippen LogP contribution in [0.15, 0.2) is 48.8 Å². The molecule has 0 unspecified atom stereocenters. The van der Waals surface area contributed by atoms with E-state index >= 15 is 0 Å². The molecule has 0 bridgehead atoms. The fourth-order valence-electron chi connectivity index (χ4n) is 4.37. The van der Waals surface area contributed by atoms with Crippen LogP contribution in [-0.2, 0) is 14.3 Å². The summed E-state index contributed by atoms with van der Waals surface area (Å²) in [6.45, 7) is 0.00896. The Kier molecular flexibility index (Phi) is 8.77. The number of hydrogen-bond donors (Lipinski definition) is 3. The molecule has 0 saturated carbocycles. The number of halogens is 1. The first-order valence-electron chi connectivity index (χ1n) is 11.9. The molecule has 1 aliphatic rings. The number of carbonyl (C=O) groups is 1. The number of nitrogens with one attached hydrogen (secondary N) is 1. The lowest BCUT2D eigenvalue weighted by Crippen LogP contribution is -2.58. The van der Waals surface area contributed by atoms with Crippen molar-refractivity contribution in [2.24, 2.45) is 0 Å². The average Bonchev–Trinajstić information content (AvgIpc) is 3.41. The Bertz CT molecular complexity index is 1180. The van der Waals surface area contributed by atoms with Crippen molar-refractivity contribution >= 4 is 11.5 Å². The zero-order valence-electron chi connectivity index (χ0n) is 20.5. The number of benzene rings is 1. The summed E-state index contributed by atoms with van der Waals surface area (Å²) in [4.78, 5) is 17.3. The summed E-state index contributed by atoms with van der Waals surface area (Å²) in [5, 5.41) is 32.2. The normalized spacial score (nSPS) is 23.5. The number of Topliss-reactive ketones (excluding diaryl/α,β-unsaturated/α-hetero) is 1. The van der Waals surface area contributed by atoms with Crippen LogP contribution in [0, 0.1) is 5.82 Å². The van der Waals surface area contributed by atoms with E-state index in [9.17, 15) is 19.4 Å². The van der Waals surface area contributed by atoms with Gasteiger partial charge in [-0.2, -0.15) is 0 Å². The lowest BCUT2D eigenvalue weighted by Gasteiger charge is -2.43. The Morgan fingerprint density at radius 1 is 1.27 bits per heavy atom. The van der Waals surface area contributed by atoms with E-state index in [0.29, 0.717) is 30.1 Å². The highest BCUT2D eigenvalue weighted by atomic mass is 19.1. The number of aliphatic hydroxyl groups excluding tert-OH is 2. The van der Waals surface area contributed by atoms with E-state index in [4.69, 9.17) is 14.2 Å². The van der Waals surface area contributed by atoms with Gasteiger partial charge in [0.15, 0.2) is 5.78 Å². The van der Waals surface area contributed by atoms with Gasteiger partial charge >= 0.3 is 0 Å². The molecule has 0 spiro atoms. The zero-order valence-corrected chi connectivity index (χ0v) is 20.5. The third-order valence-corrected chi connectivity index (χ3v) is 6.27. The Hall–Kier alpha value is -3.45. The van der Waals surface area contributed by atoms with Gasteiger partial charge < -0.3 is 29.7 Å². The molecule has 3 heterocycles. The molecule has 1 saturated heterocycles. The van der Waals surface area contributed by atoms with Crippen molar-refractivity contribution in [1.82, 2.24) is 20.0 Å². The van der Waals surface area contributed by atoms with Crippen LogP contribution < -0.4 is 10.1 Å². The summed E-state index contributed by atoms with van der Waals surface area (Å²) in [6, 6.07) is 8.57. The predicted molar refractivity (Wildman–Crippen MR) is 131 cm³/mol. The van der Waals surface area contributed by atoms with Crippen LogP contribution in [-0.4, -0.2) is 87.8 Å². The van der Waals surface area contributed by atoms with Crippen LogP contribution in [0.3, 0.4) is 0 Å². The molecule has 1 aliphatic heterocycles. The molecule has 2 aromatic heterocycles. The molecular weight excluding hydrogens is 485 g/mol. The van der Waals surface area contributed by atoms with Crippen molar-refractivity contribution in [3.63, 3.8) is 0 Å². The Morgan fingerprint density at radius 3 is 2.78 bits per heavy atom. The Morgan fingerprint density at radius 2 is 2.11 bits per heavy atom. The standard InChI is InChI=1S/C25H30FN5O6/c1-35-21-9-8-17(12-28-21)27-10-4-7-19(33)24-25(36-2)22(23(34)20(14-32)37-24)31-13-18(29-30-31)15-5-3-6-16(26)11-15/h3,5-6,8-9,11-13,20,22-25,27,32,34H,4,7,10,14H2,1-2H3/t20-,22+,23+,24+,25-/m1/s1. The highest BCUT2D eigenvalue weighted by Crippen LogP contribution is 2.33. The predicted octanol–water partition coefficient (Wildman–Crippen LogP) is 1.63. The Labute approximate surface area is 213 Å². The number of pyridine rings is 1. The lowest BCUT2D eigenvalue weighted by molar-refractivity contribution is -0.211. The second-order valence-corrected chi connectivity index (χ2v) is 8.64. The van der Waals surface area contributed by atoms with Crippen LogP contribution >= 0.6 is 0 Å². The molecule has 3 aromatic rings. The molecule has 1 fully saturated rings. The maximum absolute atomic E-state index is 13.7. The van der Waals surface area contributed by atoms with Gasteiger partial charge in [-0.25, -0.2) is 14.1 Å². The lowest BCUT2D eigenvalue weighted by atomic mass is 9.89. The number of methoxy groups -OCH3 is 2. The summed E-state index contributed by atoms with van der Waals surface area (Å²) in [6.07, 6.45) is -0.339. The molecule has 198 valence electrons. The zero-order chi connectivity index (χ0) is 26.4. The van der Waals surface area contributed by atoms with Gasteiger partial charge in [0.25, 0.3) is 0 Å². The van der Waals surface area contributed by atoms with Gasteiger partial charge in [-0.1, -0.05) is 17.3 Å². The van der Waals surface area contributed by atoms with E-state index in [2.05, 4.69) is 20.6 Å². The van der Waals surface area contributed by atoms with Crippen molar-refractivity contribution in [1.29, 1.82) is 0 Å². The van der Waals surface area contributed by atoms with Crippen molar-refractivity contribution < 1.29 is 33.6 Å². The smallest absolute Gasteiger partial charge is 0.213 e.